The summed E-state index contributed by atoms with van der Waals surface area (Å²) >= 11 is 0. The number of ether oxygens (including phenoxy) is 1. The first-order valence-corrected chi connectivity index (χ1v) is 7.13. The Hall–Kier alpha value is -0.610. The molecule has 2 heterocycles. The van der Waals surface area contributed by atoms with Crippen LogP contribution in [0, 0.1) is 5.41 Å². The van der Waals surface area contributed by atoms with Crippen molar-refractivity contribution in [1.82, 2.24) is 4.90 Å². The van der Waals surface area contributed by atoms with Crippen LogP contribution in [0.3, 0.4) is 0 Å². The third-order valence-electron chi connectivity index (χ3n) is 4.76. The van der Waals surface area contributed by atoms with Gasteiger partial charge in [-0.15, -0.1) is 0 Å². The Balaban J connectivity index is 1.74. The van der Waals surface area contributed by atoms with Crippen LogP contribution in [0.2, 0.25) is 0 Å². The standard InChI is InChI=1S/C14H25NO3/c1-3-14(2)6-8-15(9-7-14)10-11-4-5-12(18-11)13(16)17/h11-12H,3-10H2,1-2H3,(H,16,17)/t11-,12+/m1/s1. The fraction of sp³-hybridized carbons (Fsp3) is 0.929. The van der Waals surface area contributed by atoms with E-state index >= 15 is 0 Å². The molecule has 4 heteroatoms. The second kappa shape index (κ2) is 5.57. The van der Waals surface area contributed by atoms with Crippen LogP contribution in [-0.4, -0.2) is 47.8 Å². The predicted molar refractivity (Wildman–Crippen MR) is 69.6 cm³/mol. The quantitative estimate of drug-likeness (QED) is 0.836. The molecule has 0 radical (unpaired) electrons. The molecule has 0 unspecified atom stereocenters. The van der Waals surface area contributed by atoms with E-state index < -0.39 is 12.1 Å². The highest BCUT2D eigenvalue weighted by atomic mass is 16.5. The van der Waals surface area contributed by atoms with E-state index in [1.165, 1.54) is 19.3 Å². The smallest absolute Gasteiger partial charge is 0.332 e. The minimum absolute atomic E-state index is 0.122. The molecule has 0 bridgehead atoms. The molecule has 2 atom stereocenters. The zero-order valence-electron chi connectivity index (χ0n) is 11.5. The van der Waals surface area contributed by atoms with Gasteiger partial charge in [0.05, 0.1) is 6.10 Å². The summed E-state index contributed by atoms with van der Waals surface area (Å²) in [5.41, 5.74) is 0.511. The first-order chi connectivity index (χ1) is 8.52. The van der Waals surface area contributed by atoms with E-state index in [1.807, 2.05) is 0 Å². The van der Waals surface area contributed by atoms with Crippen LogP contribution in [0.4, 0.5) is 0 Å². The van der Waals surface area contributed by atoms with Gasteiger partial charge in [0.15, 0.2) is 6.10 Å². The number of carbonyl (C=O) groups is 1. The highest BCUT2D eigenvalue weighted by Crippen LogP contribution is 2.34. The van der Waals surface area contributed by atoms with Crippen molar-refractivity contribution in [3.63, 3.8) is 0 Å². The largest absolute Gasteiger partial charge is 0.479 e. The van der Waals surface area contributed by atoms with E-state index in [0.717, 1.165) is 26.1 Å². The van der Waals surface area contributed by atoms with Crippen molar-refractivity contribution in [2.75, 3.05) is 19.6 Å². The lowest BCUT2D eigenvalue weighted by Gasteiger charge is -2.39. The maximum atomic E-state index is 10.8. The summed E-state index contributed by atoms with van der Waals surface area (Å²) in [5.74, 6) is -0.810. The van der Waals surface area contributed by atoms with Crippen LogP contribution in [-0.2, 0) is 9.53 Å². The van der Waals surface area contributed by atoms with E-state index in [2.05, 4.69) is 18.7 Å². The SMILES string of the molecule is CCC1(C)CCN(C[C@H]2CC[C@@H](C(=O)O)O2)CC1. The van der Waals surface area contributed by atoms with E-state index in [4.69, 9.17) is 9.84 Å². The number of aliphatic carboxylic acids is 1. The average molecular weight is 255 g/mol. The van der Waals surface area contributed by atoms with Gasteiger partial charge in [0.1, 0.15) is 0 Å². The number of piperidine rings is 1. The van der Waals surface area contributed by atoms with Crippen molar-refractivity contribution in [2.24, 2.45) is 5.41 Å². The summed E-state index contributed by atoms with van der Waals surface area (Å²) in [7, 11) is 0. The lowest BCUT2D eigenvalue weighted by Crippen LogP contribution is -2.42. The molecule has 0 aromatic rings. The summed E-state index contributed by atoms with van der Waals surface area (Å²) in [6.45, 7) is 7.80. The molecule has 0 spiro atoms. The van der Waals surface area contributed by atoms with E-state index in [1.54, 1.807) is 0 Å². The monoisotopic (exact) mass is 255 g/mol. The van der Waals surface area contributed by atoms with Gasteiger partial charge in [-0.05, 0) is 44.2 Å². The van der Waals surface area contributed by atoms with Crippen molar-refractivity contribution in [1.29, 1.82) is 0 Å². The molecular formula is C14H25NO3. The summed E-state index contributed by atoms with van der Waals surface area (Å²) in [4.78, 5) is 13.3. The number of hydrogen-bond donors (Lipinski definition) is 1. The minimum atomic E-state index is -0.810. The highest BCUT2D eigenvalue weighted by Gasteiger charge is 2.34. The molecule has 0 saturated carbocycles. The molecular weight excluding hydrogens is 230 g/mol. The van der Waals surface area contributed by atoms with Gasteiger partial charge < -0.3 is 14.7 Å². The molecule has 0 amide bonds. The summed E-state index contributed by atoms with van der Waals surface area (Å²) in [6, 6.07) is 0. The molecule has 18 heavy (non-hydrogen) atoms. The minimum Gasteiger partial charge on any atom is -0.479 e. The molecule has 2 aliphatic rings. The Morgan fingerprint density at radius 1 is 1.39 bits per heavy atom. The average Bonchev–Trinajstić information content (AvgIpc) is 2.81. The van der Waals surface area contributed by atoms with E-state index in [9.17, 15) is 4.79 Å². The Morgan fingerprint density at radius 3 is 2.56 bits per heavy atom. The van der Waals surface area contributed by atoms with E-state index in [0.29, 0.717) is 11.8 Å². The summed E-state index contributed by atoms with van der Waals surface area (Å²) in [5, 5.41) is 8.90. The van der Waals surface area contributed by atoms with Crippen molar-refractivity contribution in [3.05, 3.63) is 0 Å². The molecule has 0 aromatic heterocycles. The fourth-order valence-corrected chi connectivity index (χ4v) is 2.94. The second-order valence-corrected chi connectivity index (χ2v) is 6.13. The number of carboxylic acids is 1. The van der Waals surface area contributed by atoms with Gasteiger partial charge in [-0.3, -0.25) is 0 Å². The topological polar surface area (TPSA) is 49.8 Å². The van der Waals surface area contributed by atoms with Gasteiger partial charge in [0, 0.05) is 6.54 Å². The molecule has 0 aliphatic carbocycles. The molecule has 2 fully saturated rings. The Labute approximate surface area is 109 Å². The number of nitrogens with zero attached hydrogens (tertiary/aromatic N) is 1. The van der Waals surface area contributed by atoms with Crippen LogP contribution in [0.25, 0.3) is 0 Å². The normalized spacial score (nSPS) is 32.6. The zero-order valence-corrected chi connectivity index (χ0v) is 11.5. The molecule has 2 saturated heterocycles. The molecule has 104 valence electrons. The Bertz CT molecular complexity index is 297. The van der Waals surface area contributed by atoms with Crippen molar-refractivity contribution >= 4 is 5.97 Å². The predicted octanol–water partition coefficient (Wildman–Crippen LogP) is 2.13. The molecule has 4 nitrogen and oxygen atoms in total. The van der Waals surface area contributed by atoms with Gasteiger partial charge in [0.2, 0.25) is 0 Å². The van der Waals surface area contributed by atoms with Crippen LogP contribution in [0.1, 0.15) is 46.0 Å². The third kappa shape index (κ3) is 3.23. The number of carboxylic acid groups (broad SMARTS) is 1. The van der Waals surface area contributed by atoms with Gasteiger partial charge in [0.25, 0.3) is 0 Å². The Morgan fingerprint density at radius 2 is 2.06 bits per heavy atom. The first-order valence-electron chi connectivity index (χ1n) is 7.13. The third-order valence-corrected chi connectivity index (χ3v) is 4.76. The van der Waals surface area contributed by atoms with Gasteiger partial charge in [-0.25, -0.2) is 4.79 Å². The van der Waals surface area contributed by atoms with Gasteiger partial charge in [-0.2, -0.15) is 0 Å². The lowest BCUT2D eigenvalue weighted by molar-refractivity contribution is -0.149. The number of hydrogen-bond acceptors (Lipinski definition) is 3. The molecule has 0 aromatic carbocycles. The van der Waals surface area contributed by atoms with Crippen LogP contribution < -0.4 is 0 Å². The number of rotatable bonds is 4. The summed E-state index contributed by atoms with van der Waals surface area (Å²) < 4.78 is 5.56. The fourth-order valence-electron chi connectivity index (χ4n) is 2.94. The lowest BCUT2D eigenvalue weighted by atomic mass is 9.78. The maximum Gasteiger partial charge on any atom is 0.332 e. The van der Waals surface area contributed by atoms with Crippen molar-refractivity contribution in [3.8, 4) is 0 Å². The molecule has 2 rings (SSSR count). The van der Waals surface area contributed by atoms with Crippen molar-refractivity contribution in [2.45, 2.75) is 58.2 Å². The summed E-state index contributed by atoms with van der Waals surface area (Å²) in [6.07, 6.45) is 4.86. The van der Waals surface area contributed by atoms with Crippen molar-refractivity contribution < 1.29 is 14.6 Å². The van der Waals surface area contributed by atoms with Gasteiger partial charge in [-0.1, -0.05) is 20.3 Å². The van der Waals surface area contributed by atoms with Crippen LogP contribution in [0.15, 0.2) is 0 Å². The van der Waals surface area contributed by atoms with Gasteiger partial charge >= 0.3 is 5.97 Å². The first kappa shape index (κ1) is 13.8. The molecule has 2 aliphatic heterocycles. The maximum absolute atomic E-state index is 10.8. The second-order valence-electron chi connectivity index (χ2n) is 6.13. The van der Waals surface area contributed by atoms with Crippen LogP contribution >= 0.6 is 0 Å². The van der Waals surface area contributed by atoms with Crippen LogP contribution in [0.5, 0.6) is 0 Å². The molecule has 1 N–H and O–H groups in total. The van der Waals surface area contributed by atoms with E-state index in [-0.39, 0.29) is 6.10 Å². The zero-order chi connectivity index (χ0) is 13.2. The Kier molecular flexibility index (Phi) is 4.28. The highest BCUT2D eigenvalue weighted by molar-refractivity contribution is 5.72. The number of likely N-dealkylation sites (tertiary alicyclic amines) is 1.